The van der Waals surface area contributed by atoms with Gasteiger partial charge in [-0.3, -0.25) is 4.79 Å². The Kier molecular flexibility index (Phi) is 6.14. The van der Waals surface area contributed by atoms with Crippen molar-refractivity contribution in [2.45, 2.75) is 32.6 Å². The predicted molar refractivity (Wildman–Crippen MR) is 79.5 cm³/mol. The monoisotopic (exact) mass is 295 g/mol. The lowest BCUT2D eigenvalue weighted by molar-refractivity contribution is -0.120. The molecule has 1 aromatic rings. The normalized spacial score (nSPS) is 18.8. The maximum atomic E-state index is 11.8. The van der Waals surface area contributed by atoms with Crippen molar-refractivity contribution in [1.82, 2.24) is 15.5 Å². The Balaban J connectivity index is 1.73. The zero-order valence-corrected chi connectivity index (χ0v) is 12.6. The molecule has 2 heterocycles. The van der Waals surface area contributed by atoms with Crippen LogP contribution in [-0.2, 0) is 16.0 Å². The number of ether oxygens (including phenoxy) is 1. The summed E-state index contributed by atoms with van der Waals surface area (Å²) >= 11 is 1.48. The van der Waals surface area contributed by atoms with Crippen LogP contribution in [0, 0.1) is 5.92 Å². The van der Waals surface area contributed by atoms with Gasteiger partial charge in [0.15, 0.2) is 0 Å². The minimum Gasteiger partial charge on any atom is -0.381 e. The molecule has 1 aliphatic heterocycles. The first kappa shape index (κ1) is 15.1. The van der Waals surface area contributed by atoms with Gasteiger partial charge in [-0.2, -0.15) is 0 Å². The zero-order valence-electron chi connectivity index (χ0n) is 11.8. The first-order chi connectivity index (χ1) is 9.78. The predicted octanol–water partition coefficient (Wildman–Crippen LogP) is 2.05. The molecule has 110 valence electrons. The molecule has 0 aliphatic carbocycles. The highest BCUT2D eigenvalue weighted by Gasteiger charge is 2.16. The van der Waals surface area contributed by atoms with Crippen molar-refractivity contribution in [3.05, 3.63) is 16.1 Å². The molecular weight excluding hydrogens is 274 g/mol. The lowest BCUT2D eigenvalue weighted by atomic mass is 10.1. The number of carbonyl (C=O) groups is 1. The minimum atomic E-state index is 0.0112. The average Bonchev–Trinajstić information content (AvgIpc) is 3.08. The molecule has 0 bridgehead atoms. The van der Waals surface area contributed by atoms with Gasteiger partial charge in [-0.25, -0.2) is 0 Å². The Labute approximate surface area is 123 Å². The lowest BCUT2D eigenvalue weighted by Crippen LogP contribution is -2.30. The molecular formula is C14H21N3O2S. The van der Waals surface area contributed by atoms with Crippen molar-refractivity contribution in [3.8, 4) is 0 Å². The van der Waals surface area contributed by atoms with Gasteiger partial charge in [-0.15, -0.1) is 10.2 Å². The maximum absolute atomic E-state index is 11.8. The second-order valence-corrected chi connectivity index (χ2v) is 6.03. The molecule has 1 aliphatic rings. The maximum Gasteiger partial charge on any atom is 0.226 e. The van der Waals surface area contributed by atoms with E-state index in [0.29, 0.717) is 18.9 Å². The Bertz CT molecular complexity index is 453. The summed E-state index contributed by atoms with van der Waals surface area (Å²) in [5.41, 5.74) is 0. The van der Waals surface area contributed by atoms with Crippen molar-refractivity contribution in [1.29, 1.82) is 0 Å². The van der Waals surface area contributed by atoms with E-state index in [4.69, 9.17) is 4.74 Å². The van der Waals surface area contributed by atoms with E-state index in [1.807, 2.05) is 6.08 Å². The zero-order chi connectivity index (χ0) is 14.2. The van der Waals surface area contributed by atoms with Crippen LogP contribution in [0.1, 0.15) is 36.2 Å². The molecule has 0 aromatic carbocycles. The largest absolute Gasteiger partial charge is 0.381 e. The van der Waals surface area contributed by atoms with Crippen molar-refractivity contribution >= 4 is 23.3 Å². The Morgan fingerprint density at radius 2 is 2.45 bits per heavy atom. The van der Waals surface area contributed by atoms with Gasteiger partial charge in [-0.05, 0) is 18.9 Å². The van der Waals surface area contributed by atoms with Gasteiger partial charge in [-0.1, -0.05) is 30.8 Å². The summed E-state index contributed by atoms with van der Waals surface area (Å²) in [5, 5.41) is 12.7. The molecule has 1 unspecified atom stereocenters. The third-order valence-electron chi connectivity index (χ3n) is 3.12. The number of allylic oxidation sites excluding steroid dienone is 1. The summed E-state index contributed by atoms with van der Waals surface area (Å²) in [4.78, 5) is 11.8. The summed E-state index contributed by atoms with van der Waals surface area (Å²) < 4.78 is 5.28. The topological polar surface area (TPSA) is 64.1 Å². The van der Waals surface area contributed by atoms with Crippen LogP contribution in [0.5, 0.6) is 0 Å². The Morgan fingerprint density at radius 1 is 1.55 bits per heavy atom. The number of hydrogen-bond donors (Lipinski definition) is 1. The summed E-state index contributed by atoms with van der Waals surface area (Å²) in [6, 6.07) is 0. The molecule has 5 nitrogen and oxygen atoms in total. The number of nitrogens with one attached hydrogen (secondary N) is 1. The summed E-state index contributed by atoms with van der Waals surface area (Å²) in [7, 11) is 0. The van der Waals surface area contributed by atoms with Crippen molar-refractivity contribution in [2.75, 3.05) is 19.8 Å². The number of rotatable bonds is 7. The molecule has 0 saturated carbocycles. The molecule has 2 rings (SSSR count). The second kappa shape index (κ2) is 8.11. The van der Waals surface area contributed by atoms with Crippen LogP contribution in [-0.4, -0.2) is 35.9 Å². The number of nitrogens with zero attached hydrogens (tertiary/aromatic N) is 2. The average molecular weight is 295 g/mol. The summed E-state index contributed by atoms with van der Waals surface area (Å²) in [6.07, 6.45) is 7.57. The van der Waals surface area contributed by atoms with Gasteiger partial charge >= 0.3 is 0 Å². The molecule has 0 spiro atoms. The number of aromatic nitrogens is 2. The van der Waals surface area contributed by atoms with Gasteiger partial charge < -0.3 is 10.1 Å². The van der Waals surface area contributed by atoms with Crippen LogP contribution in [0.15, 0.2) is 6.08 Å². The van der Waals surface area contributed by atoms with E-state index < -0.39 is 0 Å². The Morgan fingerprint density at radius 3 is 3.20 bits per heavy atom. The van der Waals surface area contributed by atoms with Gasteiger partial charge in [0, 0.05) is 19.1 Å². The highest BCUT2D eigenvalue weighted by Crippen LogP contribution is 2.13. The molecule has 6 heteroatoms. The van der Waals surface area contributed by atoms with Crippen LogP contribution >= 0.6 is 11.3 Å². The fraction of sp³-hybridized carbons (Fsp3) is 0.643. The fourth-order valence-electron chi connectivity index (χ4n) is 1.96. The van der Waals surface area contributed by atoms with Crippen LogP contribution in [0.3, 0.4) is 0 Å². The standard InChI is InChI=1S/C14H21N3O2S/c1-2-3-4-5-13-16-17-14(20-13)8-12(18)15-9-11-6-7-19-10-11/h4-5,11H,2-3,6-10H2,1H3,(H,15,18)/b5-4-. The van der Waals surface area contributed by atoms with E-state index in [1.54, 1.807) is 0 Å². The molecule has 1 amide bonds. The first-order valence-electron chi connectivity index (χ1n) is 7.11. The van der Waals surface area contributed by atoms with E-state index in [0.717, 1.165) is 42.5 Å². The van der Waals surface area contributed by atoms with Crippen LogP contribution in [0.2, 0.25) is 0 Å². The Hall–Kier alpha value is -1.27. The van der Waals surface area contributed by atoms with Crippen LogP contribution in [0.4, 0.5) is 0 Å². The third-order valence-corrected chi connectivity index (χ3v) is 4.01. The summed E-state index contributed by atoms with van der Waals surface area (Å²) in [6.45, 7) is 4.40. The molecule has 0 radical (unpaired) electrons. The van der Waals surface area contributed by atoms with Gasteiger partial charge in [0.25, 0.3) is 0 Å². The molecule has 1 saturated heterocycles. The lowest BCUT2D eigenvalue weighted by Gasteiger charge is -2.08. The molecule has 1 fully saturated rings. The third kappa shape index (κ3) is 5.02. The molecule has 1 atom stereocenters. The van der Waals surface area contributed by atoms with Gasteiger partial charge in [0.05, 0.1) is 13.0 Å². The highest BCUT2D eigenvalue weighted by atomic mass is 32.1. The molecule has 20 heavy (non-hydrogen) atoms. The first-order valence-corrected chi connectivity index (χ1v) is 7.93. The molecule has 1 N–H and O–H groups in total. The number of carbonyl (C=O) groups excluding carboxylic acids is 1. The smallest absolute Gasteiger partial charge is 0.226 e. The SMILES string of the molecule is CCC/C=C\c1nnc(CC(=O)NCC2CCOC2)s1. The number of amides is 1. The van der Waals surface area contributed by atoms with Gasteiger partial charge in [0.2, 0.25) is 5.91 Å². The van der Waals surface area contributed by atoms with Crippen LogP contribution in [0.25, 0.3) is 6.08 Å². The van der Waals surface area contributed by atoms with Crippen LogP contribution < -0.4 is 5.32 Å². The fourth-order valence-corrected chi connectivity index (χ4v) is 2.73. The van der Waals surface area contributed by atoms with E-state index in [-0.39, 0.29) is 5.91 Å². The van der Waals surface area contributed by atoms with Crippen molar-refractivity contribution in [2.24, 2.45) is 5.92 Å². The van der Waals surface area contributed by atoms with Gasteiger partial charge in [0.1, 0.15) is 10.0 Å². The summed E-state index contributed by atoms with van der Waals surface area (Å²) in [5.74, 6) is 0.470. The minimum absolute atomic E-state index is 0.0112. The molecule has 1 aromatic heterocycles. The van der Waals surface area contributed by atoms with Crippen molar-refractivity contribution in [3.63, 3.8) is 0 Å². The van der Waals surface area contributed by atoms with E-state index in [9.17, 15) is 4.79 Å². The second-order valence-electron chi connectivity index (χ2n) is 4.94. The quantitative estimate of drug-likeness (QED) is 0.836. The number of unbranched alkanes of at least 4 members (excludes halogenated alkanes) is 1. The van der Waals surface area contributed by atoms with Crippen molar-refractivity contribution < 1.29 is 9.53 Å². The highest BCUT2D eigenvalue weighted by molar-refractivity contribution is 7.12. The van der Waals surface area contributed by atoms with E-state index >= 15 is 0 Å². The van der Waals surface area contributed by atoms with E-state index in [1.165, 1.54) is 11.3 Å². The number of hydrogen-bond acceptors (Lipinski definition) is 5. The van der Waals surface area contributed by atoms with E-state index in [2.05, 4.69) is 28.5 Å².